The molecule has 3 rings (SSSR count). The summed E-state index contributed by atoms with van der Waals surface area (Å²) in [5.74, 6) is -1.36. The number of nitrogens with zero attached hydrogens (tertiary/aromatic N) is 1. The van der Waals surface area contributed by atoms with Crippen molar-refractivity contribution in [2.24, 2.45) is 0 Å². The highest BCUT2D eigenvalue weighted by Gasteiger charge is 2.29. The van der Waals surface area contributed by atoms with E-state index in [4.69, 9.17) is 11.6 Å². The lowest BCUT2D eigenvalue weighted by Gasteiger charge is -2.24. The number of benzene rings is 3. The maximum Gasteiger partial charge on any atom is 0.264 e. The normalized spacial score (nSPS) is 11.1. The maximum absolute atomic E-state index is 14.4. The van der Waals surface area contributed by atoms with Gasteiger partial charge in [0.15, 0.2) is 0 Å². The Morgan fingerprint density at radius 3 is 2.34 bits per heavy atom. The molecule has 3 aromatic rings. The number of aryl methyl sites for hydroxylation is 1. The van der Waals surface area contributed by atoms with Crippen LogP contribution in [-0.4, -0.2) is 20.9 Å². The van der Waals surface area contributed by atoms with Gasteiger partial charge in [-0.1, -0.05) is 41.9 Å². The number of carbonyl (C=O) groups is 1. The third kappa shape index (κ3) is 4.75. The van der Waals surface area contributed by atoms with E-state index in [1.807, 2.05) is 0 Å². The minimum absolute atomic E-state index is 0.0428. The Hall–Kier alpha value is -2.90. The summed E-state index contributed by atoms with van der Waals surface area (Å²) in [5, 5.41) is 3.17. The van der Waals surface area contributed by atoms with Gasteiger partial charge >= 0.3 is 0 Å². The molecule has 8 heteroatoms. The number of carbonyl (C=O) groups excluding carboxylic acids is 1. The number of amides is 1. The van der Waals surface area contributed by atoms with E-state index in [9.17, 15) is 17.6 Å². The lowest BCUT2D eigenvalue weighted by molar-refractivity contribution is -0.114. The number of halogens is 2. The molecule has 0 aliphatic heterocycles. The Labute approximate surface area is 173 Å². The van der Waals surface area contributed by atoms with Gasteiger partial charge in [-0.25, -0.2) is 12.8 Å². The van der Waals surface area contributed by atoms with Gasteiger partial charge in [0.1, 0.15) is 12.4 Å². The molecule has 3 aromatic carbocycles. The Morgan fingerprint density at radius 1 is 1.03 bits per heavy atom. The van der Waals surface area contributed by atoms with Gasteiger partial charge in [0.2, 0.25) is 5.91 Å². The molecule has 0 saturated carbocycles. The molecule has 150 valence electrons. The van der Waals surface area contributed by atoms with Crippen molar-refractivity contribution < 1.29 is 17.6 Å². The van der Waals surface area contributed by atoms with Crippen LogP contribution in [0.4, 0.5) is 15.8 Å². The van der Waals surface area contributed by atoms with Gasteiger partial charge in [-0.15, -0.1) is 0 Å². The fourth-order valence-corrected chi connectivity index (χ4v) is 4.44. The number of hydrogen-bond acceptors (Lipinski definition) is 3. The lowest BCUT2D eigenvalue weighted by Crippen LogP contribution is -2.38. The molecule has 0 fully saturated rings. The van der Waals surface area contributed by atoms with Crippen molar-refractivity contribution >= 4 is 38.9 Å². The van der Waals surface area contributed by atoms with E-state index in [-0.39, 0.29) is 10.6 Å². The molecule has 0 saturated heterocycles. The van der Waals surface area contributed by atoms with Gasteiger partial charge in [0.05, 0.1) is 10.6 Å². The second-order valence-corrected chi connectivity index (χ2v) is 8.58. The van der Waals surface area contributed by atoms with Gasteiger partial charge in [-0.2, -0.15) is 0 Å². The van der Waals surface area contributed by atoms with Crippen molar-refractivity contribution in [2.75, 3.05) is 16.2 Å². The molecular formula is C21H18ClFN2O3S. The number of sulfonamides is 1. The van der Waals surface area contributed by atoms with Crippen LogP contribution in [0.5, 0.6) is 0 Å². The van der Waals surface area contributed by atoms with Crippen molar-refractivity contribution in [2.45, 2.75) is 11.8 Å². The van der Waals surface area contributed by atoms with Gasteiger partial charge < -0.3 is 5.32 Å². The fraction of sp³-hybridized carbons (Fsp3) is 0.0952. The van der Waals surface area contributed by atoms with E-state index >= 15 is 0 Å². The molecule has 1 N–H and O–H groups in total. The van der Waals surface area contributed by atoms with Crippen LogP contribution in [0.1, 0.15) is 5.56 Å². The molecule has 0 spiro atoms. The molecule has 0 aromatic heterocycles. The number of hydrogen-bond donors (Lipinski definition) is 1. The summed E-state index contributed by atoms with van der Waals surface area (Å²) in [6.07, 6.45) is 0. The molecule has 0 bridgehead atoms. The molecule has 5 nitrogen and oxygen atoms in total. The average molecular weight is 433 g/mol. The molecule has 0 aliphatic carbocycles. The summed E-state index contributed by atoms with van der Waals surface area (Å²) in [7, 11) is -4.17. The van der Waals surface area contributed by atoms with E-state index in [1.165, 1.54) is 30.3 Å². The van der Waals surface area contributed by atoms with Crippen LogP contribution in [0.25, 0.3) is 0 Å². The zero-order valence-corrected chi connectivity index (χ0v) is 17.0. The summed E-state index contributed by atoms with van der Waals surface area (Å²) in [4.78, 5) is 12.6. The standard InChI is InChI=1S/C21H18ClFN2O3S/c1-15-13-16(22)11-12-19(15)24-21(26)14-25(20-10-6-5-9-18(20)23)29(27,28)17-7-3-2-4-8-17/h2-13H,14H2,1H3,(H,24,26). The van der Waals surface area contributed by atoms with Gasteiger partial charge in [0.25, 0.3) is 10.0 Å². The Balaban J connectivity index is 1.96. The van der Waals surface area contributed by atoms with Crippen LogP contribution in [0.15, 0.2) is 77.7 Å². The van der Waals surface area contributed by atoms with Crippen LogP contribution >= 0.6 is 11.6 Å². The second kappa shape index (κ2) is 8.63. The van der Waals surface area contributed by atoms with Crippen molar-refractivity contribution in [1.82, 2.24) is 0 Å². The number of para-hydroxylation sites is 1. The maximum atomic E-state index is 14.4. The SMILES string of the molecule is Cc1cc(Cl)ccc1NC(=O)CN(c1ccccc1F)S(=O)(=O)c1ccccc1. The van der Waals surface area contributed by atoms with Crippen molar-refractivity contribution in [3.63, 3.8) is 0 Å². The molecule has 0 aliphatic rings. The average Bonchev–Trinajstić information content (AvgIpc) is 2.69. The van der Waals surface area contributed by atoms with Gasteiger partial charge in [-0.3, -0.25) is 9.10 Å². The minimum Gasteiger partial charge on any atom is -0.324 e. The van der Waals surface area contributed by atoms with Crippen LogP contribution < -0.4 is 9.62 Å². The zero-order chi connectivity index (χ0) is 21.0. The number of anilines is 2. The first kappa shape index (κ1) is 20.8. The summed E-state index contributed by atoms with van der Waals surface area (Å²) in [5.41, 5.74) is 0.999. The van der Waals surface area contributed by atoms with E-state index in [1.54, 1.807) is 43.3 Å². The Bertz CT molecular complexity index is 1140. The molecule has 29 heavy (non-hydrogen) atoms. The van der Waals surface area contributed by atoms with Crippen molar-refractivity contribution in [3.8, 4) is 0 Å². The van der Waals surface area contributed by atoms with Crippen LogP contribution in [0.2, 0.25) is 5.02 Å². The quantitative estimate of drug-likeness (QED) is 0.618. The lowest BCUT2D eigenvalue weighted by atomic mass is 10.2. The first-order valence-electron chi connectivity index (χ1n) is 8.67. The summed E-state index contributed by atoms with van der Waals surface area (Å²) < 4.78 is 41.5. The van der Waals surface area contributed by atoms with Crippen LogP contribution in [0.3, 0.4) is 0 Å². The highest BCUT2D eigenvalue weighted by molar-refractivity contribution is 7.92. The third-order valence-electron chi connectivity index (χ3n) is 4.20. The largest absolute Gasteiger partial charge is 0.324 e. The van der Waals surface area contributed by atoms with Crippen LogP contribution in [-0.2, 0) is 14.8 Å². The minimum atomic E-state index is -4.17. The zero-order valence-electron chi connectivity index (χ0n) is 15.5. The highest BCUT2D eigenvalue weighted by Crippen LogP contribution is 2.26. The summed E-state index contributed by atoms with van der Waals surface area (Å²) in [6, 6.07) is 17.9. The Kier molecular flexibility index (Phi) is 6.20. The molecular weight excluding hydrogens is 415 g/mol. The summed E-state index contributed by atoms with van der Waals surface area (Å²) in [6.45, 7) is 1.16. The first-order chi connectivity index (χ1) is 13.8. The summed E-state index contributed by atoms with van der Waals surface area (Å²) >= 11 is 5.92. The van der Waals surface area contributed by atoms with Crippen molar-refractivity contribution in [3.05, 3.63) is 89.2 Å². The van der Waals surface area contributed by atoms with Crippen molar-refractivity contribution in [1.29, 1.82) is 0 Å². The van der Waals surface area contributed by atoms with E-state index < -0.39 is 28.3 Å². The van der Waals surface area contributed by atoms with E-state index in [2.05, 4.69) is 5.32 Å². The second-order valence-electron chi connectivity index (χ2n) is 6.28. The Morgan fingerprint density at radius 2 is 1.69 bits per heavy atom. The predicted molar refractivity (Wildman–Crippen MR) is 112 cm³/mol. The molecule has 1 amide bonds. The third-order valence-corrected chi connectivity index (χ3v) is 6.21. The molecule has 0 unspecified atom stereocenters. The smallest absolute Gasteiger partial charge is 0.264 e. The first-order valence-corrected chi connectivity index (χ1v) is 10.5. The highest BCUT2D eigenvalue weighted by atomic mass is 35.5. The fourth-order valence-electron chi connectivity index (χ4n) is 2.76. The molecule has 0 radical (unpaired) electrons. The number of nitrogens with one attached hydrogen (secondary N) is 1. The molecule has 0 atom stereocenters. The van der Waals surface area contributed by atoms with E-state index in [0.29, 0.717) is 16.3 Å². The molecule has 0 heterocycles. The monoisotopic (exact) mass is 432 g/mol. The van der Waals surface area contributed by atoms with Crippen LogP contribution in [0, 0.1) is 12.7 Å². The predicted octanol–water partition coefficient (Wildman–Crippen LogP) is 4.62. The van der Waals surface area contributed by atoms with Gasteiger partial charge in [0, 0.05) is 10.7 Å². The topological polar surface area (TPSA) is 66.5 Å². The number of rotatable bonds is 6. The van der Waals surface area contributed by atoms with E-state index in [0.717, 1.165) is 10.4 Å². The van der Waals surface area contributed by atoms with Gasteiger partial charge in [-0.05, 0) is 55.0 Å².